The van der Waals surface area contributed by atoms with Gasteiger partial charge in [0.25, 0.3) is 5.56 Å². The molecule has 0 unspecified atom stereocenters. The molecule has 1 aromatic heterocycles. The molecule has 0 fully saturated rings. The van der Waals surface area contributed by atoms with Crippen LogP contribution in [0, 0.1) is 12.7 Å². The lowest BCUT2D eigenvalue weighted by Crippen LogP contribution is -2.29. The van der Waals surface area contributed by atoms with Crippen molar-refractivity contribution in [3.63, 3.8) is 0 Å². The fourth-order valence-electron chi connectivity index (χ4n) is 1.64. The normalized spacial score (nSPS) is 10.3. The van der Waals surface area contributed by atoms with E-state index in [-0.39, 0.29) is 23.5 Å². The van der Waals surface area contributed by atoms with E-state index in [0.717, 1.165) is 10.7 Å². The van der Waals surface area contributed by atoms with Crippen molar-refractivity contribution in [2.24, 2.45) is 0 Å². The van der Waals surface area contributed by atoms with Crippen molar-refractivity contribution in [3.8, 4) is 0 Å². The number of aryl methyl sites for hydroxylation is 1. The van der Waals surface area contributed by atoms with Gasteiger partial charge in [0, 0.05) is 6.07 Å². The van der Waals surface area contributed by atoms with Gasteiger partial charge in [-0.1, -0.05) is 0 Å². The van der Waals surface area contributed by atoms with Gasteiger partial charge in [-0.3, -0.25) is 9.59 Å². The third kappa shape index (κ3) is 3.19. The van der Waals surface area contributed by atoms with Gasteiger partial charge in [0.15, 0.2) is 0 Å². The van der Waals surface area contributed by atoms with E-state index in [1.54, 1.807) is 13.0 Å². The Kier molecular flexibility index (Phi) is 3.79. The molecule has 0 aliphatic heterocycles. The minimum Gasteiger partial charge on any atom is -0.397 e. The van der Waals surface area contributed by atoms with E-state index in [1.807, 2.05) is 0 Å². The lowest BCUT2D eigenvalue weighted by atomic mass is 10.2. The summed E-state index contributed by atoms with van der Waals surface area (Å²) < 4.78 is 13.9. The first kappa shape index (κ1) is 13.7. The van der Waals surface area contributed by atoms with Crippen LogP contribution in [-0.4, -0.2) is 15.7 Å². The number of nitrogens with two attached hydrogens (primary N) is 1. The molecule has 20 heavy (non-hydrogen) atoms. The number of rotatable bonds is 3. The minimum absolute atomic E-state index is 0.114. The van der Waals surface area contributed by atoms with E-state index in [1.165, 1.54) is 18.2 Å². The number of nitrogens with zero attached hydrogens (tertiary/aromatic N) is 2. The Labute approximate surface area is 114 Å². The minimum atomic E-state index is -0.489. The zero-order chi connectivity index (χ0) is 14.7. The first-order valence-electron chi connectivity index (χ1n) is 5.85. The highest BCUT2D eigenvalue weighted by Crippen LogP contribution is 2.18. The highest BCUT2D eigenvalue weighted by molar-refractivity contribution is 5.93. The molecule has 0 spiro atoms. The lowest BCUT2D eigenvalue weighted by Gasteiger charge is -2.09. The molecule has 3 N–H and O–H groups in total. The quantitative estimate of drug-likeness (QED) is 0.815. The number of hydrogen-bond donors (Lipinski definition) is 2. The van der Waals surface area contributed by atoms with Crippen LogP contribution in [0.3, 0.4) is 0 Å². The van der Waals surface area contributed by atoms with Gasteiger partial charge in [-0.05, 0) is 31.2 Å². The Hall–Kier alpha value is -2.70. The lowest BCUT2D eigenvalue weighted by molar-refractivity contribution is -0.117. The molecule has 1 amide bonds. The Morgan fingerprint density at radius 2 is 2.15 bits per heavy atom. The van der Waals surface area contributed by atoms with Crippen LogP contribution in [0.2, 0.25) is 0 Å². The van der Waals surface area contributed by atoms with E-state index in [2.05, 4.69) is 10.4 Å². The van der Waals surface area contributed by atoms with Crippen molar-refractivity contribution in [2.75, 3.05) is 11.1 Å². The zero-order valence-electron chi connectivity index (χ0n) is 10.8. The van der Waals surface area contributed by atoms with E-state index in [0.29, 0.717) is 5.69 Å². The van der Waals surface area contributed by atoms with Crippen molar-refractivity contribution in [2.45, 2.75) is 13.5 Å². The Bertz CT molecular complexity index is 712. The molecule has 104 valence electrons. The smallest absolute Gasteiger partial charge is 0.267 e. The first-order valence-corrected chi connectivity index (χ1v) is 5.85. The maximum absolute atomic E-state index is 12.9. The summed E-state index contributed by atoms with van der Waals surface area (Å²) in [7, 11) is 0. The largest absolute Gasteiger partial charge is 0.397 e. The Morgan fingerprint density at radius 1 is 1.40 bits per heavy atom. The molecule has 7 heteroatoms. The summed E-state index contributed by atoms with van der Waals surface area (Å²) in [4.78, 5) is 23.3. The van der Waals surface area contributed by atoms with Crippen LogP contribution in [-0.2, 0) is 11.3 Å². The number of halogens is 1. The second-order valence-electron chi connectivity index (χ2n) is 4.25. The highest BCUT2D eigenvalue weighted by atomic mass is 19.1. The van der Waals surface area contributed by atoms with Crippen molar-refractivity contribution in [3.05, 3.63) is 52.2 Å². The molecule has 2 rings (SSSR count). The van der Waals surface area contributed by atoms with Crippen molar-refractivity contribution in [1.29, 1.82) is 0 Å². The standard InChI is InChI=1S/C13H13FN4O2/c1-8-2-5-13(20)18(17-8)7-12(19)16-11-4-3-9(14)6-10(11)15/h2-6H,7,15H2,1H3,(H,16,19). The SMILES string of the molecule is Cc1ccc(=O)n(CC(=O)Nc2ccc(F)cc2N)n1. The average molecular weight is 276 g/mol. The average Bonchev–Trinajstić information content (AvgIpc) is 2.37. The molecule has 0 saturated carbocycles. The molecule has 0 radical (unpaired) electrons. The summed E-state index contributed by atoms with van der Waals surface area (Å²) in [5.41, 5.74) is 6.23. The third-order valence-corrected chi connectivity index (χ3v) is 2.58. The molecule has 6 nitrogen and oxygen atoms in total. The predicted octanol–water partition coefficient (Wildman–Crippen LogP) is 0.912. The van der Waals surface area contributed by atoms with Gasteiger partial charge in [-0.15, -0.1) is 0 Å². The van der Waals surface area contributed by atoms with Crippen LogP contribution in [0.1, 0.15) is 5.69 Å². The summed E-state index contributed by atoms with van der Waals surface area (Å²) in [6.45, 7) is 1.48. The van der Waals surface area contributed by atoms with Crippen LogP contribution < -0.4 is 16.6 Å². The van der Waals surface area contributed by atoms with Crippen LogP contribution in [0.4, 0.5) is 15.8 Å². The van der Waals surface area contributed by atoms with Crippen LogP contribution >= 0.6 is 0 Å². The van der Waals surface area contributed by atoms with Gasteiger partial charge in [0.1, 0.15) is 12.4 Å². The summed E-state index contributed by atoms with van der Waals surface area (Å²) >= 11 is 0. The molecule has 0 atom stereocenters. The molecule has 0 saturated heterocycles. The van der Waals surface area contributed by atoms with Crippen LogP contribution in [0.5, 0.6) is 0 Å². The Balaban J connectivity index is 2.13. The van der Waals surface area contributed by atoms with Gasteiger partial charge >= 0.3 is 0 Å². The molecular formula is C13H13FN4O2. The number of benzene rings is 1. The molecular weight excluding hydrogens is 263 g/mol. The van der Waals surface area contributed by atoms with Crippen molar-refractivity contribution in [1.82, 2.24) is 9.78 Å². The van der Waals surface area contributed by atoms with E-state index >= 15 is 0 Å². The van der Waals surface area contributed by atoms with Gasteiger partial charge in [0.05, 0.1) is 17.1 Å². The molecule has 1 heterocycles. The van der Waals surface area contributed by atoms with Crippen LogP contribution in [0.25, 0.3) is 0 Å². The summed E-state index contributed by atoms with van der Waals surface area (Å²) in [6, 6.07) is 6.54. The number of aromatic nitrogens is 2. The summed E-state index contributed by atoms with van der Waals surface area (Å²) in [5, 5.41) is 6.45. The second-order valence-corrected chi connectivity index (χ2v) is 4.25. The van der Waals surface area contributed by atoms with Gasteiger partial charge in [0.2, 0.25) is 5.91 Å². The van der Waals surface area contributed by atoms with E-state index in [4.69, 9.17) is 5.73 Å². The second kappa shape index (κ2) is 5.52. The van der Waals surface area contributed by atoms with Gasteiger partial charge < -0.3 is 11.1 Å². The van der Waals surface area contributed by atoms with Gasteiger partial charge in [-0.25, -0.2) is 9.07 Å². The van der Waals surface area contributed by atoms with E-state index in [9.17, 15) is 14.0 Å². The number of carbonyl (C=O) groups excluding carboxylic acids is 1. The third-order valence-electron chi connectivity index (χ3n) is 2.58. The maximum atomic E-state index is 12.9. The molecule has 0 aliphatic rings. The fraction of sp³-hybridized carbons (Fsp3) is 0.154. The van der Waals surface area contributed by atoms with Crippen molar-refractivity contribution >= 4 is 17.3 Å². The topological polar surface area (TPSA) is 90.0 Å². The number of hydrogen-bond acceptors (Lipinski definition) is 4. The molecule has 0 bridgehead atoms. The molecule has 2 aromatic rings. The number of nitrogen functional groups attached to an aromatic ring is 1. The summed E-state index contributed by atoms with van der Waals surface area (Å²) in [6.07, 6.45) is 0. The highest BCUT2D eigenvalue weighted by Gasteiger charge is 2.08. The predicted molar refractivity (Wildman–Crippen MR) is 72.7 cm³/mol. The number of carbonyl (C=O) groups is 1. The van der Waals surface area contributed by atoms with E-state index < -0.39 is 11.7 Å². The van der Waals surface area contributed by atoms with Gasteiger partial charge in [-0.2, -0.15) is 5.10 Å². The number of nitrogens with one attached hydrogen (secondary N) is 1. The first-order chi connectivity index (χ1) is 9.45. The Morgan fingerprint density at radius 3 is 2.85 bits per heavy atom. The molecule has 0 aliphatic carbocycles. The monoisotopic (exact) mass is 276 g/mol. The van der Waals surface area contributed by atoms with Crippen molar-refractivity contribution < 1.29 is 9.18 Å². The summed E-state index contributed by atoms with van der Waals surface area (Å²) in [5.74, 6) is -0.958. The maximum Gasteiger partial charge on any atom is 0.267 e. The number of amides is 1. The fourth-order valence-corrected chi connectivity index (χ4v) is 1.64. The van der Waals surface area contributed by atoms with Crippen LogP contribution in [0.15, 0.2) is 35.1 Å². The molecule has 1 aromatic carbocycles. The zero-order valence-corrected chi connectivity index (χ0v) is 10.8. The number of anilines is 2.